The summed E-state index contributed by atoms with van der Waals surface area (Å²) < 4.78 is 0. The van der Waals surface area contributed by atoms with Crippen molar-refractivity contribution in [3.63, 3.8) is 0 Å². The van der Waals surface area contributed by atoms with Crippen molar-refractivity contribution in [1.29, 1.82) is 0 Å². The largest absolute Gasteiger partial charge is 4.00 e. The SMILES string of the molecule is CCc1[cH-]c2cccc(-c3ccccc3)c2c1[Si](c1ccccc1)(c1ccccc1)c1c(CC)[cH-]c2cccc(-c3ccccc3)c12.[CH3-].[CH3-].[Zr+4]. The van der Waals surface area contributed by atoms with Crippen molar-refractivity contribution in [2.75, 3.05) is 0 Å². The second-order valence-corrected chi connectivity index (χ2v) is 16.2. The molecule has 0 unspecified atom stereocenters. The van der Waals surface area contributed by atoms with E-state index in [-0.39, 0.29) is 41.1 Å². The van der Waals surface area contributed by atoms with Gasteiger partial charge in [0, 0.05) is 0 Å². The van der Waals surface area contributed by atoms with Crippen molar-refractivity contribution in [3.05, 3.63) is 196 Å². The number of fused-ring (bicyclic) bond motifs is 2. The summed E-state index contributed by atoms with van der Waals surface area (Å²) >= 11 is 0. The number of aryl methyl sites for hydroxylation is 2. The first-order valence-electron chi connectivity index (χ1n) is 16.9. The minimum atomic E-state index is -2.98. The Kier molecular flexibility index (Phi) is 11.6. The zero-order valence-electron chi connectivity index (χ0n) is 29.6. The van der Waals surface area contributed by atoms with Gasteiger partial charge >= 0.3 is 26.2 Å². The van der Waals surface area contributed by atoms with Crippen molar-refractivity contribution >= 4 is 50.4 Å². The van der Waals surface area contributed by atoms with Gasteiger partial charge in [0.2, 0.25) is 0 Å². The number of rotatable bonds is 8. The van der Waals surface area contributed by atoms with Crippen LogP contribution >= 0.6 is 0 Å². The number of hydrogen-bond acceptors (Lipinski definition) is 0. The van der Waals surface area contributed by atoms with Crippen LogP contribution < -0.4 is 20.7 Å². The molecule has 0 N–H and O–H groups in total. The quantitative estimate of drug-likeness (QED) is 0.108. The van der Waals surface area contributed by atoms with Gasteiger partial charge in [-0.25, -0.2) is 0 Å². The van der Waals surface area contributed by atoms with E-state index in [1.807, 2.05) is 0 Å². The Morgan fingerprint density at radius 1 is 0.420 bits per heavy atom. The maximum atomic E-state index is 2.50. The molecule has 0 fully saturated rings. The van der Waals surface area contributed by atoms with Gasteiger partial charge in [-0.15, -0.1) is 79.4 Å². The van der Waals surface area contributed by atoms with Gasteiger partial charge in [0.1, 0.15) is 0 Å². The Bertz CT molecular complexity index is 2130. The van der Waals surface area contributed by atoms with Gasteiger partial charge in [0.25, 0.3) is 0 Å². The second kappa shape index (κ2) is 15.7. The molecule has 0 atom stereocenters. The molecule has 0 heterocycles. The molecule has 0 radical (unpaired) electrons. The summed E-state index contributed by atoms with van der Waals surface area (Å²) in [6, 6.07) is 63.9. The number of benzene rings is 6. The van der Waals surface area contributed by atoms with Crippen LogP contribution in [0.1, 0.15) is 25.0 Å². The fraction of sp³-hybridized carbons (Fsp3) is 0.0833. The van der Waals surface area contributed by atoms with Crippen molar-refractivity contribution in [2.24, 2.45) is 0 Å². The molecule has 0 aliphatic heterocycles. The van der Waals surface area contributed by atoms with Gasteiger partial charge in [0.05, 0.1) is 8.07 Å². The summed E-state index contributed by atoms with van der Waals surface area (Å²) in [5.41, 5.74) is 8.08. The standard InChI is InChI=1S/C46H38Si.2CH3.Zr/c1-3-33-31-37-23-17-29-41(35-19-9-5-10-20-35)43(37)45(33)47(39-25-13-7-14-26-39,40-27-15-8-16-28-40)46-34(4-2)32-38-24-18-30-42(44(38)46)36-21-11-6-12-22-36;;;/h5-32H,3-4H2,1-2H3;2*1H3;/q-2;2*-1;+4. The molecule has 0 spiro atoms. The van der Waals surface area contributed by atoms with Crippen LogP contribution in [0.2, 0.25) is 0 Å². The molecule has 0 aliphatic carbocycles. The molecule has 8 aromatic rings. The molecule has 0 aromatic heterocycles. The molecule has 0 bridgehead atoms. The van der Waals surface area contributed by atoms with Crippen molar-refractivity contribution in [1.82, 2.24) is 0 Å². The minimum absolute atomic E-state index is 0. The Balaban J connectivity index is 0.00000162. The summed E-state index contributed by atoms with van der Waals surface area (Å²) in [7, 11) is -2.98. The van der Waals surface area contributed by atoms with Gasteiger partial charge in [-0.3, -0.25) is 0 Å². The zero-order chi connectivity index (χ0) is 31.8. The normalized spacial score (nSPS) is 11.1. The van der Waals surface area contributed by atoms with E-state index < -0.39 is 8.07 Å². The third kappa shape index (κ3) is 5.93. The van der Waals surface area contributed by atoms with Crippen LogP contribution in [0.15, 0.2) is 170 Å². The van der Waals surface area contributed by atoms with E-state index >= 15 is 0 Å². The van der Waals surface area contributed by atoms with Gasteiger partial charge < -0.3 is 14.9 Å². The molecule has 244 valence electrons. The summed E-state index contributed by atoms with van der Waals surface area (Å²) in [6.07, 6.45) is 1.94. The van der Waals surface area contributed by atoms with E-state index in [1.165, 1.54) is 75.7 Å². The van der Waals surface area contributed by atoms with Crippen molar-refractivity contribution in [2.45, 2.75) is 26.7 Å². The van der Waals surface area contributed by atoms with Gasteiger partial charge in [-0.2, -0.15) is 0 Å². The third-order valence-corrected chi connectivity index (χ3v) is 15.1. The fourth-order valence-corrected chi connectivity index (χ4v) is 14.0. The molecule has 50 heavy (non-hydrogen) atoms. The number of hydrogen-bond donors (Lipinski definition) is 0. The Labute approximate surface area is 319 Å². The first-order valence-corrected chi connectivity index (χ1v) is 18.9. The van der Waals surface area contributed by atoms with Gasteiger partial charge in [-0.1, -0.05) is 169 Å². The van der Waals surface area contributed by atoms with E-state index in [9.17, 15) is 0 Å². The van der Waals surface area contributed by atoms with E-state index in [1.54, 1.807) is 0 Å². The third-order valence-electron chi connectivity index (χ3n) is 10.1. The van der Waals surface area contributed by atoms with E-state index in [0.717, 1.165) is 12.8 Å². The van der Waals surface area contributed by atoms with E-state index in [0.29, 0.717) is 0 Å². The molecule has 0 amide bonds. The van der Waals surface area contributed by atoms with E-state index in [2.05, 4.69) is 184 Å². The fourth-order valence-electron chi connectivity index (χ4n) is 8.16. The zero-order valence-corrected chi connectivity index (χ0v) is 33.0. The molecule has 0 saturated carbocycles. The second-order valence-electron chi connectivity index (χ2n) is 12.5. The average Bonchev–Trinajstić information content (AvgIpc) is 3.73. The molecule has 0 saturated heterocycles. The average molecular weight is 740 g/mol. The minimum Gasteiger partial charge on any atom is -0.358 e. The predicted octanol–water partition coefficient (Wildman–Crippen LogP) is 10.2. The monoisotopic (exact) mass is 738 g/mol. The summed E-state index contributed by atoms with van der Waals surface area (Å²) in [5.74, 6) is 0. The predicted molar refractivity (Wildman–Crippen MR) is 219 cm³/mol. The molecule has 0 nitrogen and oxygen atoms in total. The summed E-state index contributed by atoms with van der Waals surface area (Å²) in [5, 5.41) is 11.4. The Morgan fingerprint density at radius 2 is 0.760 bits per heavy atom. The van der Waals surface area contributed by atoms with Crippen LogP contribution in [0.25, 0.3) is 43.8 Å². The van der Waals surface area contributed by atoms with Gasteiger partial charge in [0.15, 0.2) is 0 Å². The van der Waals surface area contributed by atoms with Gasteiger partial charge in [-0.05, 0) is 24.0 Å². The molecule has 8 rings (SSSR count). The molecule has 8 aromatic carbocycles. The van der Waals surface area contributed by atoms with Crippen LogP contribution in [0.3, 0.4) is 0 Å². The Morgan fingerprint density at radius 3 is 1.10 bits per heavy atom. The topological polar surface area (TPSA) is 0 Å². The Hall–Kier alpha value is -4.36. The molecular formula is C48H44SiZr. The first-order chi connectivity index (χ1) is 23.3. The maximum Gasteiger partial charge on any atom is 4.00 e. The molecule has 0 aliphatic rings. The molecule has 2 heteroatoms. The molecular weight excluding hydrogens is 696 g/mol. The van der Waals surface area contributed by atoms with Crippen LogP contribution in [0, 0.1) is 14.9 Å². The van der Waals surface area contributed by atoms with Crippen molar-refractivity contribution in [3.8, 4) is 22.3 Å². The van der Waals surface area contributed by atoms with E-state index in [4.69, 9.17) is 0 Å². The van der Waals surface area contributed by atoms with Crippen LogP contribution in [-0.2, 0) is 39.0 Å². The first kappa shape index (κ1) is 36.9. The smallest absolute Gasteiger partial charge is 0.358 e. The summed E-state index contributed by atoms with van der Waals surface area (Å²) in [6.45, 7) is 4.68. The van der Waals surface area contributed by atoms with Crippen LogP contribution in [-0.4, -0.2) is 8.07 Å². The maximum absolute atomic E-state index is 2.98. The van der Waals surface area contributed by atoms with Crippen LogP contribution in [0.4, 0.5) is 0 Å². The van der Waals surface area contributed by atoms with Crippen LogP contribution in [0.5, 0.6) is 0 Å². The van der Waals surface area contributed by atoms with Crippen molar-refractivity contribution < 1.29 is 26.2 Å². The summed E-state index contributed by atoms with van der Waals surface area (Å²) in [4.78, 5) is 0.